The number of rotatable bonds is 2. The Morgan fingerprint density at radius 1 is 1.53 bits per heavy atom. The highest BCUT2D eigenvalue weighted by atomic mass is 32.1. The monoisotopic (exact) mass is 279 g/mol. The molecule has 0 unspecified atom stereocenters. The molecule has 3 rings (SSSR count). The van der Waals surface area contributed by atoms with Gasteiger partial charge in [0.2, 0.25) is 0 Å². The number of nitrogens with zero attached hydrogens (tertiary/aromatic N) is 1. The molecule has 0 aliphatic heterocycles. The number of fused-ring (bicyclic) bond motifs is 1. The molecule has 0 atom stereocenters. The summed E-state index contributed by atoms with van der Waals surface area (Å²) in [6.45, 7) is 3.30. The zero-order chi connectivity index (χ0) is 13.6. The first-order valence-corrected chi connectivity index (χ1v) is 7.01. The molecule has 3 nitrogen and oxygen atoms in total. The predicted octanol–water partition coefficient (Wildman–Crippen LogP) is 3.50. The van der Waals surface area contributed by atoms with Gasteiger partial charge >= 0.3 is 5.97 Å². The van der Waals surface area contributed by atoms with Gasteiger partial charge < -0.3 is 4.74 Å². The van der Waals surface area contributed by atoms with E-state index < -0.39 is 11.8 Å². The van der Waals surface area contributed by atoms with E-state index in [2.05, 4.69) is 4.98 Å². The number of pyridine rings is 1. The van der Waals surface area contributed by atoms with E-state index in [1.165, 1.54) is 18.3 Å². The molecule has 100 valence electrons. The highest BCUT2D eigenvalue weighted by Gasteiger charge is 2.50. The van der Waals surface area contributed by atoms with Gasteiger partial charge in [-0.2, -0.15) is 0 Å². The van der Waals surface area contributed by atoms with Gasteiger partial charge in [-0.15, -0.1) is 11.3 Å². The molecule has 0 aromatic carbocycles. The van der Waals surface area contributed by atoms with Crippen LogP contribution in [0, 0.1) is 6.92 Å². The molecule has 2 heterocycles. The van der Waals surface area contributed by atoms with E-state index in [-0.39, 0.29) is 18.8 Å². The van der Waals surface area contributed by atoms with E-state index in [0.29, 0.717) is 0 Å². The van der Waals surface area contributed by atoms with E-state index >= 15 is 0 Å². The van der Waals surface area contributed by atoms with Crippen LogP contribution in [0.4, 0.5) is 4.39 Å². The van der Waals surface area contributed by atoms with Crippen molar-refractivity contribution in [2.75, 3.05) is 0 Å². The number of carbonyl (C=O) groups is 1. The van der Waals surface area contributed by atoms with E-state index in [4.69, 9.17) is 4.74 Å². The fourth-order valence-electron chi connectivity index (χ4n) is 2.50. The maximum absolute atomic E-state index is 13.3. The zero-order valence-corrected chi connectivity index (χ0v) is 11.6. The maximum atomic E-state index is 13.3. The lowest BCUT2D eigenvalue weighted by atomic mass is 9.77. The Labute approximate surface area is 114 Å². The van der Waals surface area contributed by atoms with Crippen LogP contribution in [-0.4, -0.2) is 17.1 Å². The van der Waals surface area contributed by atoms with Crippen molar-refractivity contribution < 1.29 is 13.9 Å². The lowest BCUT2D eigenvalue weighted by molar-refractivity contribution is -0.176. The standard InChI is InChI=1S/C14H14FNO2S/c1-8-3-4-10-5-12(19-13(10)16-8)14(18-9(2)17)6-11(15)7-14/h3-5,11H,6-7H2,1-2H3. The van der Waals surface area contributed by atoms with Gasteiger partial charge in [0, 0.05) is 30.8 Å². The molecule has 0 N–H and O–H groups in total. The Morgan fingerprint density at radius 2 is 2.26 bits per heavy atom. The third kappa shape index (κ3) is 2.12. The maximum Gasteiger partial charge on any atom is 0.303 e. The van der Waals surface area contributed by atoms with Crippen LogP contribution in [0.15, 0.2) is 18.2 Å². The normalized spacial score (nSPS) is 26.2. The average molecular weight is 279 g/mol. The highest BCUT2D eigenvalue weighted by molar-refractivity contribution is 7.18. The second-order valence-electron chi connectivity index (χ2n) is 5.05. The van der Waals surface area contributed by atoms with Gasteiger partial charge in [-0.1, -0.05) is 6.07 Å². The minimum atomic E-state index is -0.890. The molecule has 0 spiro atoms. The van der Waals surface area contributed by atoms with Gasteiger partial charge in [0.1, 0.15) is 11.0 Å². The molecular formula is C14H14FNO2S. The van der Waals surface area contributed by atoms with Gasteiger partial charge in [-0.3, -0.25) is 4.79 Å². The molecule has 2 aromatic heterocycles. The Balaban J connectivity index is 2.03. The fraction of sp³-hybridized carbons (Fsp3) is 0.429. The number of carbonyl (C=O) groups excluding carboxylic acids is 1. The number of aryl methyl sites for hydroxylation is 1. The highest BCUT2D eigenvalue weighted by Crippen LogP contribution is 2.49. The minimum absolute atomic E-state index is 0.248. The van der Waals surface area contributed by atoms with Crippen LogP contribution in [0.5, 0.6) is 0 Å². The van der Waals surface area contributed by atoms with Gasteiger partial charge in [0.15, 0.2) is 5.60 Å². The van der Waals surface area contributed by atoms with Crippen LogP contribution in [0.25, 0.3) is 10.2 Å². The molecule has 1 saturated carbocycles. The first-order chi connectivity index (χ1) is 8.98. The van der Waals surface area contributed by atoms with Gasteiger partial charge in [-0.25, -0.2) is 9.37 Å². The van der Waals surface area contributed by atoms with Crippen LogP contribution in [0.3, 0.4) is 0 Å². The second-order valence-corrected chi connectivity index (χ2v) is 6.08. The number of ether oxygens (including phenoxy) is 1. The molecule has 0 bridgehead atoms. The summed E-state index contributed by atoms with van der Waals surface area (Å²) < 4.78 is 18.7. The van der Waals surface area contributed by atoms with Gasteiger partial charge in [0.05, 0.1) is 4.88 Å². The number of hydrogen-bond donors (Lipinski definition) is 0. The summed E-state index contributed by atoms with van der Waals surface area (Å²) in [4.78, 5) is 17.5. The Morgan fingerprint density at radius 3 is 2.89 bits per heavy atom. The topological polar surface area (TPSA) is 39.2 Å². The van der Waals surface area contributed by atoms with Crippen LogP contribution in [0.2, 0.25) is 0 Å². The second kappa shape index (κ2) is 4.27. The summed E-state index contributed by atoms with van der Waals surface area (Å²) in [5.74, 6) is -0.367. The predicted molar refractivity (Wildman–Crippen MR) is 71.9 cm³/mol. The SMILES string of the molecule is CC(=O)OC1(c2cc3ccc(C)nc3s2)CC(F)C1. The smallest absolute Gasteiger partial charge is 0.303 e. The van der Waals surface area contributed by atoms with E-state index in [1.54, 1.807) is 0 Å². The lowest BCUT2D eigenvalue weighted by Crippen LogP contribution is -2.45. The number of thiophene rings is 1. The van der Waals surface area contributed by atoms with Crippen molar-refractivity contribution in [3.63, 3.8) is 0 Å². The Bertz CT molecular complexity index is 646. The quantitative estimate of drug-likeness (QED) is 0.790. The van der Waals surface area contributed by atoms with Crippen molar-refractivity contribution in [2.45, 2.75) is 38.5 Å². The first kappa shape index (κ1) is 12.5. The van der Waals surface area contributed by atoms with Crippen LogP contribution in [0.1, 0.15) is 30.3 Å². The summed E-state index contributed by atoms with van der Waals surface area (Å²) in [6.07, 6.45) is -0.393. The van der Waals surface area contributed by atoms with Crippen molar-refractivity contribution in [1.29, 1.82) is 0 Å². The van der Waals surface area contributed by atoms with E-state index in [0.717, 1.165) is 20.8 Å². The molecule has 0 amide bonds. The fourth-order valence-corrected chi connectivity index (χ4v) is 3.72. The number of halogens is 1. The summed E-state index contributed by atoms with van der Waals surface area (Å²) in [5.41, 5.74) is 0.171. The molecule has 0 radical (unpaired) electrons. The van der Waals surface area contributed by atoms with Crippen LogP contribution < -0.4 is 0 Å². The lowest BCUT2D eigenvalue weighted by Gasteiger charge is -2.42. The van der Waals surface area contributed by atoms with Crippen molar-refractivity contribution >= 4 is 27.5 Å². The number of esters is 1. The van der Waals surface area contributed by atoms with E-state index in [9.17, 15) is 9.18 Å². The molecule has 1 aliphatic rings. The summed E-state index contributed by atoms with van der Waals surface area (Å²) in [7, 11) is 0. The minimum Gasteiger partial charge on any atom is -0.453 e. The molecule has 2 aromatic rings. The Kier molecular flexibility index (Phi) is 2.82. The molecule has 1 aliphatic carbocycles. The Hall–Kier alpha value is -1.49. The van der Waals surface area contributed by atoms with Crippen LogP contribution in [-0.2, 0) is 15.1 Å². The molecule has 0 saturated heterocycles. The molecular weight excluding hydrogens is 265 g/mol. The third-order valence-corrected chi connectivity index (χ3v) is 4.64. The average Bonchev–Trinajstić information content (AvgIpc) is 2.68. The molecule has 19 heavy (non-hydrogen) atoms. The summed E-state index contributed by atoms with van der Waals surface area (Å²) in [5, 5.41) is 1.01. The zero-order valence-electron chi connectivity index (χ0n) is 10.8. The summed E-state index contributed by atoms with van der Waals surface area (Å²) in [6, 6.07) is 5.89. The number of alkyl halides is 1. The number of aromatic nitrogens is 1. The van der Waals surface area contributed by atoms with Gasteiger partial charge in [0.25, 0.3) is 0 Å². The van der Waals surface area contributed by atoms with Crippen molar-refractivity contribution in [3.05, 3.63) is 28.8 Å². The third-order valence-electron chi connectivity index (χ3n) is 3.41. The molecule has 5 heteroatoms. The van der Waals surface area contributed by atoms with Crippen LogP contribution >= 0.6 is 11.3 Å². The van der Waals surface area contributed by atoms with Crippen molar-refractivity contribution in [1.82, 2.24) is 4.98 Å². The van der Waals surface area contributed by atoms with Gasteiger partial charge in [-0.05, 0) is 19.1 Å². The first-order valence-electron chi connectivity index (χ1n) is 6.20. The number of hydrogen-bond acceptors (Lipinski definition) is 4. The van der Waals surface area contributed by atoms with Crippen molar-refractivity contribution in [3.8, 4) is 0 Å². The summed E-state index contributed by atoms with van der Waals surface area (Å²) >= 11 is 1.48. The molecule has 1 fully saturated rings. The van der Waals surface area contributed by atoms with Crippen molar-refractivity contribution in [2.24, 2.45) is 0 Å². The largest absolute Gasteiger partial charge is 0.453 e. The van der Waals surface area contributed by atoms with E-state index in [1.807, 2.05) is 25.1 Å².